The van der Waals surface area contributed by atoms with E-state index in [9.17, 15) is 0 Å². The molecule has 0 spiro atoms. The van der Waals surface area contributed by atoms with E-state index in [-0.39, 0.29) is 0 Å². The van der Waals surface area contributed by atoms with E-state index in [2.05, 4.69) is 60.1 Å². The number of alkyl halides is 1. The summed E-state index contributed by atoms with van der Waals surface area (Å²) in [5.41, 5.74) is 1.84. The first-order chi connectivity index (χ1) is 6.20. The second-order valence-electron chi connectivity index (χ2n) is 3.96. The summed E-state index contributed by atoms with van der Waals surface area (Å²) in [5.74, 6) is 0. The maximum atomic E-state index is 3.59. The summed E-state index contributed by atoms with van der Waals surface area (Å²) < 4.78 is 0. The van der Waals surface area contributed by atoms with Gasteiger partial charge in [0.05, 0.1) is 0 Å². The Bertz CT molecular complexity index is 237. The van der Waals surface area contributed by atoms with Crippen LogP contribution in [0.25, 0.3) is 0 Å². The van der Waals surface area contributed by atoms with E-state index >= 15 is 0 Å². The quantitative estimate of drug-likeness (QED) is 0.698. The minimum Gasteiger partial charge on any atom is -0.0922 e. The summed E-state index contributed by atoms with van der Waals surface area (Å²) in [6, 6.07) is 10.7. The summed E-state index contributed by atoms with van der Waals surface area (Å²) in [7, 11) is 0. The van der Waals surface area contributed by atoms with E-state index < -0.39 is 0 Å². The van der Waals surface area contributed by atoms with Crippen LogP contribution < -0.4 is 0 Å². The third-order valence-corrected chi connectivity index (χ3v) is 4.00. The van der Waals surface area contributed by atoms with Crippen LogP contribution in [0, 0.1) is 5.41 Å². The van der Waals surface area contributed by atoms with Crippen molar-refractivity contribution in [2.45, 2.75) is 26.7 Å². The summed E-state index contributed by atoms with van der Waals surface area (Å²) in [6.45, 7) is 4.58. The van der Waals surface area contributed by atoms with E-state index in [1.807, 2.05) is 0 Å². The molecule has 0 radical (unpaired) electrons. The van der Waals surface area contributed by atoms with Gasteiger partial charge in [0.15, 0.2) is 0 Å². The molecule has 0 fully saturated rings. The highest BCUT2D eigenvalue weighted by molar-refractivity contribution is 9.09. The fraction of sp³-hybridized carbons (Fsp3) is 0.500. The molecule has 1 aromatic carbocycles. The van der Waals surface area contributed by atoms with E-state index in [1.54, 1.807) is 0 Å². The molecule has 1 unspecified atom stereocenters. The van der Waals surface area contributed by atoms with Gasteiger partial charge in [0.2, 0.25) is 0 Å². The molecular formula is C12H17Br. The second-order valence-corrected chi connectivity index (χ2v) is 4.52. The monoisotopic (exact) mass is 240 g/mol. The van der Waals surface area contributed by atoms with Gasteiger partial charge >= 0.3 is 0 Å². The lowest BCUT2D eigenvalue weighted by Crippen LogP contribution is -2.20. The van der Waals surface area contributed by atoms with Crippen molar-refractivity contribution in [2.24, 2.45) is 5.41 Å². The van der Waals surface area contributed by atoms with Gasteiger partial charge in [-0.2, -0.15) is 0 Å². The van der Waals surface area contributed by atoms with Crippen LogP contribution in [0.2, 0.25) is 0 Å². The van der Waals surface area contributed by atoms with Crippen molar-refractivity contribution in [1.82, 2.24) is 0 Å². The number of hydrogen-bond donors (Lipinski definition) is 0. The van der Waals surface area contributed by atoms with Crippen LogP contribution in [0.4, 0.5) is 0 Å². The lowest BCUT2D eigenvalue weighted by Gasteiger charge is -2.25. The van der Waals surface area contributed by atoms with E-state index in [0.717, 1.165) is 11.8 Å². The molecule has 13 heavy (non-hydrogen) atoms. The number of benzene rings is 1. The topological polar surface area (TPSA) is 0 Å². The molecule has 0 aliphatic heterocycles. The third kappa shape index (κ3) is 3.15. The predicted molar refractivity (Wildman–Crippen MR) is 62.3 cm³/mol. The number of hydrogen-bond acceptors (Lipinski definition) is 0. The standard InChI is InChI=1S/C12H17Br/c1-3-12(2,10-13)9-11-7-5-4-6-8-11/h4-8H,3,9-10H2,1-2H3. The van der Waals surface area contributed by atoms with Crippen LogP contribution in [-0.2, 0) is 6.42 Å². The highest BCUT2D eigenvalue weighted by Crippen LogP contribution is 2.28. The molecule has 0 saturated carbocycles. The van der Waals surface area contributed by atoms with Crippen LogP contribution in [0.5, 0.6) is 0 Å². The van der Waals surface area contributed by atoms with Gasteiger partial charge in [0.1, 0.15) is 0 Å². The van der Waals surface area contributed by atoms with Crippen LogP contribution in [-0.4, -0.2) is 5.33 Å². The van der Waals surface area contributed by atoms with Crippen molar-refractivity contribution in [3.8, 4) is 0 Å². The van der Waals surface area contributed by atoms with Crippen molar-refractivity contribution in [2.75, 3.05) is 5.33 Å². The van der Waals surface area contributed by atoms with Gasteiger partial charge in [-0.15, -0.1) is 0 Å². The Morgan fingerprint density at radius 1 is 1.23 bits per heavy atom. The molecule has 0 aliphatic carbocycles. The van der Waals surface area contributed by atoms with Gasteiger partial charge in [-0.25, -0.2) is 0 Å². The molecule has 1 heteroatoms. The number of halogens is 1. The zero-order valence-corrected chi connectivity index (χ0v) is 9.97. The summed E-state index contributed by atoms with van der Waals surface area (Å²) >= 11 is 3.59. The highest BCUT2D eigenvalue weighted by atomic mass is 79.9. The highest BCUT2D eigenvalue weighted by Gasteiger charge is 2.20. The fourth-order valence-corrected chi connectivity index (χ4v) is 1.95. The normalized spacial score (nSPS) is 15.3. The predicted octanol–water partition coefficient (Wildman–Crippen LogP) is 4.04. The van der Waals surface area contributed by atoms with Gasteiger partial charge in [-0.3, -0.25) is 0 Å². The SMILES string of the molecule is CCC(C)(CBr)Cc1ccccc1. The summed E-state index contributed by atoms with van der Waals surface area (Å²) in [4.78, 5) is 0. The third-order valence-electron chi connectivity index (χ3n) is 2.65. The summed E-state index contributed by atoms with van der Waals surface area (Å²) in [6.07, 6.45) is 2.38. The van der Waals surface area contributed by atoms with Gasteiger partial charge in [0, 0.05) is 5.33 Å². The maximum absolute atomic E-state index is 3.59. The molecule has 0 bridgehead atoms. The van der Waals surface area contributed by atoms with Crippen molar-refractivity contribution in [3.05, 3.63) is 35.9 Å². The zero-order valence-electron chi connectivity index (χ0n) is 8.39. The Morgan fingerprint density at radius 2 is 1.85 bits per heavy atom. The first-order valence-corrected chi connectivity index (χ1v) is 5.92. The van der Waals surface area contributed by atoms with Gasteiger partial charge in [-0.05, 0) is 23.8 Å². The lowest BCUT2D eigenvalue weighted by molar-refractivity contribution is 0.361. The molecule has 0 aromatic heterocycles. The molecule has 0 heterocycles. The van der Waals surface area contributed by atoms with Gasteiger partial charge in [-0.1, -0.05) is 60.1 Å². The minimum absolute atomic E-state index is 0.404. The van der Waals surface area contributed by atoms with Gasteiger partial charge in [0.25, 0.3) is 0 Å². The van der Waals surface area contributed by atoms with Crippen molar-refractivity contribution in [1.29, 1.82) is 0 Å². The largest absolute Gasteiger partial charge is 0.0922 e. The second kappa shape index (κ2) is 4.80. The maximum Gasteiger partial charge on any atom is 0.00884 e. The van der Waals surface area contributed by atoms with Crippen LogP contribution in [0.15, 0.2) is 30.3 Å². The number of rotatable bonds is 4. The molecule has 1 rings (SSSR count). The fourth-order valence-electron chi connectivity index (χ4n) is 1.36. The van der Waals surface area contributed by atoms with Crippen LogP contribution >= 0.6 is 15.9 Å². The molecule has 1 aromatic rings. The molecule has 0 N–H and O–H groups in total. The molecule has 0 nitrogen and oxygen atoms in total. The van der Waals surface area contributed by atoms with E-state index in [0.29, 0.717) is 5.41 Å². The molecule has 1 atom stereocenters. The Kier molecular flexibility index (Phi) is 3.98. The van der Waals surface area contributed by atoms with Crippen LogP contribution in [0.3, 0.4) is 0 Å². The van der Waals surface area contributed by atoms with Crippen molar-refractivity contribution >= 4 is 15.9 Å². The Labute approximate surface area is 89.5 Å². The minimum atomic E-state index is 0.404. The molecule has 0 amide bonds. The average molecular weight is 241 g/mol. The molecule has 0 aliphatic rings. The molecular weight excluding hydrogens is 224 g/mol. The summed E-state index contributed by atoms with van der Waals surface area (Å²) in [5, 5.41) is 1.07. The van der Waals surface area contributed by atoms with Crippen molar-refractivity contribution in [3.63, 3.8) is 0 Å². The van der Waals surface area contributed by atoms with E-state index in [1.165, 1.54) is 12.0 Å². The van der Waals surface area contributed by atoms with E-state index in [4.69, 9.17) is 0 Å². The van der Waals surface area contributed by atoms with Crippen molar-refractivity contribution < 1.29 is 0 Å². The first kappa shape index (κ1) is 10.8. The smallest absolute Gasteiger partial charge is 0.00884 e. The van der Waals surface area contributed by atoms with Gasteiger partial charge < -0.3 is 0 Å². The Balaban J connectivity index is 2.68. The average Bonchev–Trinajstić information content (AvgIpc) is 2.19. The molecule has 0 saturated heterocycles. The lowest BCUT2D eigenvalue weighted by atomic mass is 9.83. The zero-order chi connectivity index (χ0) is 9.73. The first-order valence-electron chi connectivity index (χ1n) is 4.80. The van der Waals surface area contributed by atoms with Crippen LogP contribution in [0.1, 0.15) is 25.8 Å². The Morgan fingerprint density at radius 3 is 2.31 bits per heavy atom. The Hall–Kier alpha value is -0.300. The molecule has 72 valence electrons.